The van der Waals surface area contributed by atoms with Gasteiger partial charge in [-0.3, -0.25) is 4.79 Å². The Morgan fingerprint density at radius 1 is 1.13 bits per heavy atom. The number of nitrogens with two attached hydrogens (primary N) is 1. The van der Waals surface area contributed by atoms with Crippen LogP contribution in [0.25, 0.3) is 0 Å². The van der Waals surface area contributed by atoms with Gasteiger partial charge in [0.2, 0.25) is 5.91 Å². The first kappa shape index (κ1) is 23.0. The molecule has 1 unspecified atom stereocenters. The molecule has 0 spiro atoms. The van der Waals surface area contributed by atoms with Gasteiger partial charge in [0.15, 0.2) is 0 Å². The molecule has 1 amide bonds. The van der Waals surface area contributed by atoms with Crippen LogP contribution in [0, 0.1) is 17.3 Å². The molecule has 6 heteroatoms. The van der Waals surface area contributed by atoms with Crippen molar-refractivity contribution in [1.29, 1.82) is 0 Å². The molecule has 2 aliphatic rings. The molecule has 23 heavy (non-hydrogen) atoms. The van der Waals surface area contributed by atoms with Gasteiger partial charge in [0.05, 0.1) is 5.41 Å². The van der Waals surface area contributed by atoms with Gasteiger partial charge in [0, 0.05) is 32.7 Å². The van der Waals surface area contributed by atoms with E-state index in [-0.39, 0.29) is 30.2 Å². The maximum atomic E-state index is 12.8. The molecule has 0 aromatic carbocycles. The van der Waals surface area contributed by atoms with E-state index in [1.54, 1.807) is 0 Å². The van der Waals surface area contributed by atoms with E-state index in [1.807, 2.05) is 0 Å². The van der Waals surface area contributed by atoms with E-state index in [4.69, 9.17) is 5.73 Å². The predicted molar refractivity (Wildman–Crippen MR) is 101 cm³/mol. The second-order valence-electron chi connectivity index (χ2n) is 7.26. The van der Waals surface area contributed by atoms with Gasteiger partial charge in [-0.2, -0.15) is 0 Å². The molecule has 0 radical (unpaired) electrons. The van der Waals surface area contributed by atoms with E-state index in [9.17, 15) is 4.79 Å². The summed E-state index contributed by atoms with van der Waals surface area (Å²) in [6, 6.07) is 0. The zero-order valence-electron chi connectivity index (χ0n) is 14.9. The average Bonchev–Trinajstić information content (AvgIpc) is 3.17. The fourth-order valence-electron chi connectivity index (χ4n) is 3.69. The molecule has 1 aliphatic heterocycles. The lowest BCUT2D eigenvalue weighted by atomic mass is 9.81. The molecular formula is C17H35Cl2N3O. The summed E-state index contributed by atoms with van der Waals surface area (Å²) in [5.41, 5.74) is 5.59. The van der Waals surface area contributed by atoms with Crippen molar-refractivity contribution in [3.05, 3.63) is 0 Å². The topological polar surface area (TPSA) is 49.6 Å². The molecule has 138 valence electrons. The Morgan fingerprint density at radius 3 is 2.17 bits per heavy atom. The number of hydrogen-bond donors (Lipinski definition) is 1. The Hall–Kier alpha value is -0.0300. The van der Waals surface area contributed by atoms with Gasteiger partial charge >= 0.3 is 0 Å². The minimum atomic E-state index is -0.325. The number of hydrogen-bond acceptors (Lipinski definition) is 3. The Balaban J connectivity index is 0.00000242. The van der Waals surface area contributed by atoms with Gasteiger partial charge in [-0.1, -0.05) is 13.8 Å². The zero-order valence-corrected chi connectivity index (χ0v) is 16.6. The molecule has 0 aromatic rings. The molecule has 2 fully saturated rings. The first-order valence-electron chi connectivity index (χ1n) is 8.72. The van der Waals surface area contributed by atoms with Crippen molar-refractivity contribution in [2.75, 3.05) is 39.8 Å². The molecule has 2 rings (SSSR count). The van der Waals surface area contributed by atoms with Crippen molar-refractivity contribution in [3.63, 3.8) is 0 Å². The van der Waals surface area contributed by atoms with Crippen LogP contribution in [-0.2, 0) is 4.79 Å². The summed E-state index contributed by atoms with van der Waals surface area (Å²) in [4.78, 5) is 17.4. The minimum Gasteiger partial charge on any atom is -0.342 e. The maximum absolute atomic E-state index is 12.8. The molecule has 1 heterocycles. The Bertz CT molecular complexity index is 351. The maximum Gasteiger partial charge on any atom is 0.230 e. The van der Waals surface area contributed by atoms with Crippen molar-refractivity contribution < 1.29 is 4.79 Å². The first-order chi connectivity index (χ1) is 10.0. The van der Waals surface area contributed by atoms with Crippen LogP contribution in [0.3, 0.4) is 0 Å². The quantitative estimate of drug-likeness (QED) is 0.717. The van der Waals surface area contributed by atoms with Crippen LogP contribution in [0.1, 0.15) is 46.0 Å². The fraction of sp³-hybridized carbons (Fsp3) is 0.941. The van der Waals surface area contributed by atoms with Crippen molar-refractivity contribution in [3.8, 4) is 0 Å². The van der Waals surface area contributed by atoms with E-state index >= 15 is 0 Å². The third kappa shape index (κ3) is 5.77. The number of likely N-dealkylation sites (tertiary alicyclic amines) is 1. The summed E-state index contributed by atoms with van der Waals surface area (Å²) in [5.74, 6) is 1.88. The van der Waals surface area contributed by atoms with Crippen LogP contribution in [0.5, 0.6) is 0 Å². The Labute approximate surface area is 154 Å². The molecule has 1 saturated carbocycles. The number of carbonyl (C=O) groups is 1. The summed E-state index contributed by atoms with van der Waals surface area (Å²) in [7, 11) is 2.23. The van der Waals surface area contributed by atoms with E-state index in [0.717, 1.165) is 44.8 Å². The van der Waals surface area contributed by atoms with Crippen molar-refractivity contribution in [2.24, 2.45) is 23.0 Å². The molecule has 1 saturated heterocycles. The molecule has 0 bridgehead atoms. The van der Waals surface area contributed by atoms with Crippen molar-refractivity contribution in [1.82, 2.24) is 9.80 Å². The smallest absolute Gasteiger partial charge is 0.230 e. The summed E-state index contributed by atoms with van der Waals surface area (Å²) in [5, 5.41) is 0. The van der Waals surface area contributed by atoms with Crippen LogP contribution in [0.2, 0.25) is 0 Å². The van der Waals surface area contributed by atoms with Gasteiger partial charge in [-0.15, -0.1) is 24.8 Å². The standard InChI is InChI=1S/C17H33N3O.2ClH/c1-4-17(5-2,13-18)16(21)20-9-8-15(12-20)11-19(3)10-14-6-7-14;;/h14-15H,4-13,18H2,1-3H3;2*1H. The van der Waals surface area contributed by atoms with Gasteiger partial charge in [0.1, 0.15) is 0 Å². The summed E-state index contributed by atoms with van der Waals surface area (Å²) in [6.45, 7) is 8.87. The van der Waals surface area contributed by atoms with Gasteiger partial charge in [-0.05, 0) is 51.0 Å². The molecule has 2 N–H and O–H groups in total. The van der Waals surface area contributed by atoms with Crippen molar-refractivity contribution in [2.45, 2.75) is 46.0 Å². The monoisotopic (exact) mass is 367 g/mol. The second kappa shape index (κ2) is 10.1. The summed E-state index contributed by atoms with van der Waals surface area (Å²) < 4.78 is 0. The van der Waals surface area contributed by atoms with E-state index < -0.39 is 0 Å². The van der Waals surface area contributed by atoms with Crippen LogP contribution in [-0.4, -0.2) is 55.5 Å². The highest BCUT2D eigenvalue weighted by Gasteiger charge is 2.39. The van der Waals surface area contributed by atoms with E-state index in [2.05, 4.69) is 30.7 Å². The number of amides is 1. The fourth-order valence-corrected chi connectivity index (χ4v) is 3.69. The van der Waals surface area contributed by atoms with Crippen LogP contribution in [0.4, 0.5) is 0 Å². The lowest BCUT2D eigenvalue weighted by Crippen LogP contribution is -2.47. The van der Waals surface area contributed by atoms with Gasteiger partial charge in [0.25, 0.3) is 0 Å². The first-order valence-corrected chi connectivity index (χ1v) is 8.72. The third-order valence-corrected chi connectivity index (χ3v) is 5.61. The van der Waals surface area contributed by atoms with Crippen LogP contribution >= 0.6 is 24.8 Å². The number of nitrogens with zero attached hydrogens (tertiary/aromatic N) is 2. The third-order valence-electron chi connectivity index (χ3n) is 5.61. The van der Waals surface area contributed by atoms with Gasteiger partial charge < -0.3 is 15.5 Å². The molecule has 0 aromatic heterocycles. The van der Waals surface area contributed by atoms with Gasteiger partial charge in [-0.25, -0.2) is 0 Å². The van der Waals surface area contributed by atoms with Crippen LogP contribution in [0.15, 0.2) is 0 Å². The highest BCUT2D eigenvalue weighted by Crippen LogP contribution is 2.32. The zero-order chi connectivity index (χ0) is 15.5. The number of rotatable bonds is 8. The lowest BCUT2D eigenvalue weighted by Gasteiger charge is -2.33. The normalized spacial score (nSPS) is 21.1. The number of carbonyl (C=O) groups excluding carboxylic acids is 1. The van der Waals surface area contributed by atoms with Crippen LogP contribution < -0.4 is 5.73 Å². The Morgan fingerprint density at radius 2 is 1.70 bits per heavy atom. The second-order valence-corrected chi connectivity index (χ2v) is 7.26. The highest BCUT2D eigenvalue weighted by molar-refractivity contribution is 5.85. The average molecular weight is 368 g/mol. The SMILES string of the molecule is CCC(CC)(CN)C(=O)N1CCC(CN(C)CC2CC2)C1.Cl.Cl. The Kier molecular flexibility index (Phi) is 10.1. The predicted octanol–water partition coefficient (Wildman–Crippen LogP) is 2.79. The minimum absolute atomic E-state index is 0. The van der Waals surface area contributed by atoms with E-state index in [0.29, 0.717) is 18.4 Å². The molecule has 4 nitrogen and oxygen atoms in total. The molecular weight excluding hydrogens is 333 g/mol. The molecule has 1 atom stereocenters. The summed E-state index contributed by atoms with van der Waals surface area (Å²) in [6.07, 6.45) is 5.66. The van der Waals surface area contributed by atoms with Crippen molar-refractivity contribution >= 4 is 30.7 Å². The van der Waals surface area contributed by atoms with E-state index in [1.165, 1.54) is 19.4 Å². The summed E-state index contributed by atoms with van der Waals surface area (Å²) >= 11 is 0. The molecule has 1 aliphatic carbocycles. The highest BCUT2D eigenvalue weighted by atomic mass is 35.5. The lowest BCUT2D eigenvalue weighted by molar-refractivity contribution is -0.141. The number of halogens is 2. The largest absolute Gasteiger partial charge is 0.342 e.